The number of amides is 2. The zero-order chi connectivity index (χ0) is 21.4. The second kappa shape index (κ2) is 7.88. The number of imidazole rings is 1. The standard InChI is InChI=1S/C19H25N5O5S/c1-22-12-16(21-14-22)30(27,28)24-9-6-19(13-24)4-7-23(8-5-19)17(25)11-20-18(26)15-3-2-10-29-15/h2-3,10,12,14H,4-9,11,13H2,1H3,(H,20,26). The van der Waals surface area contributed by atoms with Crippen LogP contribution in [-0.2, 0) is 21.9 Å². The molecular weight excluding hydrogens is 410 g/mol. The molecule has 2 saturated heterocycles. The number of piperidine rings is 1. The number of aromatic nitrogens is 2. The van der Waals surface area contributed by atoms with Crippen molar-refractivity contribution in [2.45, 2.75) is 24.3 Å². The van der Waals surface area contributed by atoms with E-state index in [9.17, 15) is 18.0 Å². The number of likely N-dealkylation sites (tertiary alicyclic amines) is 1. The van der Waals surface area contributed by atoms with Crippen molar-refractivity contribution in [1.82, 2.24) is 24.1 Å². The molecule has 0 atom stereocenters. The highest BCUT2D eigenvalue weighted by atomic mass is 32.2. The van der Waals surface area contributed by atoms with Crippen molar-refractivity contribution < 1.29 is 22.4 Å². The Labute approximate surface area is 174 Å². The summed E-state index contributed by atoms with van der Waals surface area (Å²) in [5.41, 5.74) is -0.115. The molecule has 0 unspecified atom stereocenters. The lowest BCUT2D eigenvalue weighted by atomic mass is 9.78. The smallest absolute Gasteiger partial charge is 0.287 e. The number of nitrogens with zero attached hydrogens (tertiary/aromatic N) is 4. The molecule has 30 heavy (non-hydrogen) atoms. The summed E-state index contributed by atoms with van der Waals surface area (Å²) in [6, 6.07) is 3.15. The van der Waals surface area contributed by atoms with E-state index in [1.165, 1.54) is 29.2 Å². The molecule has 162 valence electrons. The van der Waals surface area contributed by atoms with Gasteiger partial charge in [-0.15, -0.1) is 0 Å². The zero-order valence-corrected chi connectivity index (χ0v) is 17.6. The molecule has 2 fully saturated rings. The highest BCUT2D eigenvalue weighted by Gasteiger charge is 2.45. The van der Waals surface area contributed by atoms with Crippen molar-refractivity contribution in [3.8, 4) is 0 Å². The van der Waals surface area contributed by atoms with Crippen LogP contribution >= 0.6 is 0 Å². The number of carbonyl (C=O) groups is 2. The summed E-state index contributed by atoms with van der Waals surface area (Å²) in [7, 11) is -1.86. The summed E-state index contributed by atoms with van der Waals surface area (Å²) in [6.45, 7) is 1.92. The molecule has 0 aliphatic carbocycles. The predicted octanol–water partition coefficient (Wildman–Crippen LogP) is 0.446. The van der Waals surface area contributed by atoms with E-state index in [1.807, 2.05) is 0 Å². The summed E-state index contributed by atoms with van der Waals surface area (Å²) in [5, 5.41) is 2.64. The van der Waals surface area contributed by atoms with Gasteiger partial charge in [0.05, 0.1) is 19.1 Å². The minimum Gasteiger partial charge on any atom is -0.459 e. The third-order valence-electron chi connectivity index (χ3n) is 6.01. The van der Waals surface area contributed by atoms with E-state index >= 15 is 0 Å². The monoisotopic (exact) mass is 435 g/mol. The molecule has 10 nitrogen and oxygen atoms in total. The molecule has 1 spiro atoms. The Morgan fingerprint density at radius 3 is 2.60 bits per heavy atom. The van der Waals surface area contributed by atoms with Gasteiger partial charge in [-0.25, -0.2) is 13.4 Å². The Bertz CT molecular complexity index is 1020. The van der Waals surface area contributed by atoms with Crippen molar-refractivity contribution in [2.24, 2.45) is 12.5 Å². The van der Waals surface area contributed by atoms with Gasteiger partial charge in [0.1, 0.15) is 0 Å². The lowest BCUT2D eigenvalue weighted by Gasteiger charge is -2.39. The molecule has 0 radical (unpaired) electrons. The van der Waals surface area contributed by atoms with Crippen LogP contribution in [0.5, 0.6) is 0 Å². The number of rotatable bonds is 5. The van der Waals surface area contributed by atoms with Gasteiger partial charge in [0.25, 0.3) is 15.9 Å². The van der Waals surface area contributed by atoms with E-state index in [2.05, 4.69) is 10.3 Å². The van der Waals surface area contributed by atoms with Crippen LogP contribution in [0, 0.1) is 5.41 Å². The van der Waals surface area contributed by atoms with E-state index in [0.717, 1.165) is 19.3 Å². The minimum atomic E-state index is -3.60. The molecule has 2 aromatic rings. The second-order valence-electron chi connectivity index (χ2n) is 8.01. The van der Waals surface area contributed by atoms with E-state index in [1.54, 1.807) is 22.6 Å². The van der Waals surface area contributed by atoms with Gasteiger partial charge in [-0.05, 0) is 36.8 Å². The maximum absolute atomic E-state index is 12.8. The molecule has 4 rings (SSSR count). The molecule has 0 saturated carbocycles. The highest BCUT2D eigenvalue weighted by molar-refractivity contribution is 7.89. The first kappa shape index (κ1) is 20.6. The first-order valence-corrected chi connectivity index (χ1v) is 11.3. The molecule has 2 amide bonds. The maximum Gasteiger partial charge on any atom is 0.287 e. The number of sulfonamides is 1. The fraction of sp³-hybridized carbons (Fsp3) is 0.526. The average Bonchev–Trinajstić information content (AvgIpc) is 3.48. The van der Waals surface area contributed by atoms with Gasteiger partial charge in [0.2, 0.25) is 5.91 Å². The zero-order valence-electron chi connectivity index (χ0n) is 16.8. The average molecular weight is 436 g/mol. The number of hydrogen-bond donors (Lipinski definition) is 1. The molecule has 2 aliphatic heterocycles. The molecule has 2 aromatic heterocycles. The van der Waals surface area contributed by atoms with E-state index in [4.69, 9.17) is 4.42 Å². The Morgan fingerprint density at radius 2 is 1.97 bits per heavy atom. The van der Waals surface area contributed by atoms with Gasteiger partial charge in [-0.3, -0.25) is 9.59 Å². The lowest BCUT2D eigenvalue weighted by molar-refractivity contribution is -0.132. The van der Waals surface area contributed by atoms with Crippen LogP contribution in [0.4, 0.5) is 0 Å². The van der Waals surface area contributed by atoms with Crippen LogP contribution in [0.2, 0.25) is 0 Å². The lowest BCUT2D eigenvalue weighted by Crippen LogP contribution is -2.47. The Kier molecular flexibility index (Phi) is 5.41. The van der Waals surface area contributed by atoms with Gasteiger partial charge >= 0.3 is 0 Å². The van der Waals surface area contributed by atoms with E-state index in [-0.39, 0.29) is 28.7 Å². The first-order valence-electron chi connectivity index (χ1n) is 9.87. The summed E-state index contributed by atoms with van der Waals surface area (Å²) >= 11 is 0. The summed E-state index contributed by atoms with van der Waals surface area (Å²) in [4.78, 5) is 30.1. The summed E-state index contributed by atoms with van der Waals surface area (Å²) in [5.74, 6) is -0.408. The van der Waals surface area contributed by atoms with Crippen LogP contribution < -0.4 is 5.32 Å². The van der Waals surface area contributed by atoms with Crippen molar-refractivity contribution in [3.05, 3.63) is 36.7 Å². The fourth-order valence-corrected chi connectivity index (χ4v) is 5.67. The summed E-state index contributed by atoms with van der Waals surface area (Å²) in [6.07, 6.45) is 6.64. The SMILES string of the molecule is Cn1cnc(S(=O)(=O)N2CCC3(CCN(C(=O)CNC(=O)c4ccco4)CC3)C2)c1. The minimum absolute atomic E-state index is 0.0713. The third-order valence-corrected chi connectivity index (χ3v) is 7.74. The topological polar surface area (TPSA) is 118 Å². The van der Waals surface area contributed by atoms with Crippen molar-refractivity contribution in [1.29, 1.82) is 0 Å². The molecular formula is C19H25N5O5S. The van der Waals surface area contributed by atoms with Crippen LogP contribution in [0.1, 0.15) is 29.8 Å². The van der Waals surface area contributed by atoms with Crippen LogP contribution in [-0.4, -0.2) is 71.7 Å². The second-order valence-corrected chi connectivity index (χ2v) is 9.89. The highest BCUT2D eigenvalue weighted by Crippen LogP contribution is 2.42. The predicted molar refractivity (Wildman–Crippen MR) is 106 cm³/mol. The number of hydrogen-bond acceptors (Lipinski definition) is 6. The maximum atomic E-state index is 12.8. The number of nitrogens with one attached hydrogen (secondary N) is 1. The van der Waals surface area contributed by atoms with Crippen molar-refractivity contribution in [3.63, 3.8) is 0 Å². The molecule has 0 bridgehead atoms. The number of furan rings is 1. The van der Waals surface area contributed by atoms with Gasteiger partial charge in [0, 0.05) is 39.4 Å². The summed E-state index contributed by atoms with van der Waals surface area (Å²) < 4.78 is 33.8. The van der Waals surface area contributed by atoms with Gasteiger partial charge in [-0.2, -0.15) is 4.31 Å². The molecule has 0 aromatic carbocycles. The number of carbonyl (C=O) groups excluding carboxylic acids is 2. The molecule has 4 heterocycles. The van der Waals surface area contributed by atoms with E-state index < -0.39 is 15.9 Å². The largest absolute Gasteiger partial charge is 0.459 e. The van der Waals surface area contributed by atoms with Gasteiger partial charge in [-0.1, -0.05) is 0 Å². The Balaban J connectivity index is 1.30. The normalized spacial score (nSPS) is 19.3. The third kappa shape index (κ3) is 3.99. The molecule has 2 aliphatic rings. The fourth-order valence-electron chi connectivity index (χ4n) is 4.15. The Hall–Kier alpha value is -2.66. The van der Waals surface area contributed by atoms with Crippen LogP contribution in [0.3, 0.4) is 0 Å². The van der Waals surface area contributed by atoms with Crippen molar-refractivity contribution >= 4 is 21.8 Å². The first-order chi connectivity index (χ1) is 14.3. The van der Waals surface area contributed by atoms with Gasteiger partial charge < -0.3 is 19.2 Å². The van der Waals surface area contributed by atoms with Gasteiger partial charge in [0.15, 0.2) is 10.8 Å². The van der Waals surface area contributed by atoms with Crippen molar-refractivity contribution in [2.75, 3.05) is 32.7 Å². The van der Waals surface area contributed by atoms with E-state index in [0.29, 0.717) is 26.2 Å². The molecule has 1 N–H and O–H groups in total. The Morgan fingerprint density at radius 1 is 1.23 bits per heavy atom. The quantitative estimate of drug-likeness (QED) is 0.729. The van der Waals surface area contributed by atoms with Crippen LogP contribution in [0.25, 0.3) is 0 Å². The van der Waals surface area contributed by atoms with Crippen LogP contribution in [0.15, 0.2) is 40.4 Å². The molecule has 11 heteroatoms. The number of aryl methyl sites for hydroxylation is 1.